The number of halogens is 1. The largest absolute Gasteiger partial charge is 0.374 e. The third-order valence-corrected chi connectivity index (χ3v) is 3.93. The van der Waals surface area contributed by atoms with Gasteiger partial charge in [-0.05, 0) is 37.6 Å². The molecule has 2 rings (SSSR count). The first kappa shape index (κ1) is 12.3. The summed E-state index contributed by atoms with van der Waals surface area (Å²) in [4.78, 5) is 2.49. The number of hydrogen-bond donors (Lipinski definition) is 0. The van der Waals surface area contributed by atoms with E-state index in [1.165, 1.54) is 25.9 Å². The molecule has 0 amide bonds. The summed E-state index contributed by atoms with van der Waals surface area (Å²) < 4.78 is 18.7. The van der Waals surface area contributed by atoms with Crippen LogP contribution in [0.2, 0.25) is 0 Å². The Morgan fingerprint density at radius 2 is 2.19 bits per heavy atom. The Labute approximate surface area is 98.1 Å². The zero-order valence-corrected chi connectivity index (χ0v) is 10.5. The highest BCUT2D eigenvalue weighted by Crippen LogP contribution is 2.25. The van der Waals surface area contributed by atoms with Crippen LogP contribution in [0.4, 0.5) is 4.39 Å². The summed E-state index contributed by atoms with van der Waals surface area (Å²) in [6, 6.07) is 0. The van der Waals surface area contributed by atoms with Gasteiger partial charge in [-0.3, -0.25) is 0 Å². The van der Waals surface area contributed by atoms with E-state index in [0.717, 1.165) is 12.5 Å². The zero-order chi connectivity index (χ0) is 11.5. The molecule has 0 aliphatic carbocycles. The molecule has 2 fully saturated rings. The van der Waals surface area contributed by atoms with Crippen LogP contribution in [0.1, 0.15) is 33.1 Å². The van der Waals surface area contributed by atoms with E-state index < -0.39 is 6.17 Å². The highest BCUT2D eigenvalue weighted by molar-refractivity contribution is 4.80. The van der Waals surface area contributed by atoms with Gasteiger partial charge in [0, 0.05) is 13.1 Å². The second-order valence-electron chi connectivity index (χ2n) is 5.69. The number of piperidine rings is 1. The second kappa shape index (κ2) is 5.46. The van der Waals surface area contributed by atoms with E-state index in [9.17, 15) is 4.39 Å². The van der Waals surface area contributed by atoms with E-state index in [1.807, 2.05) is 0 Å². The highest BCUT2D eigenvalue weighted by Gasteiger charge is 2.30. The normalized spacial score (nSPS) is 42.2. The molecule has 2 aliphatic heterocycles. The minimum absolute atomic E-state index is 0.247. The summed E-state index contributed by atoms with van der Waals surface area (Å²) in [5.74, 6) is 1.17. The molecule has 0 aromatic rings. The van der Waals surface area contributed by atoms with Crippen LogP contribution >= 0.6 is 0 Å². The van der Waals surface area contributed by atoms with E-state index >= 15 is 0 Å². The molecule has 2 aliphatic rings. The van der Waals surface area contributed by atoms with E-state index in [2.05, 4.69) is 18.7 Å². The molecule has 2 nitrogen and oxygen atoms in total. The van der Waals surface area contributed by atoms with E-state index in [-0.39, 0.29) is 6.10 Å². The SMILES string of the molecule is C[C@H]1CCCN(C[C@H]2OC[C@@H](F)C[C@H]2C)C1. The van der Waals surface area contributed by atoms with Gasteiger partial charge < -0.3 is 9.64 Å². The van der Waals surface area contributed by atoms with Crippen molar-refractivity contribution in [2.75, 3.05) is 26.2 Å². The molecule has 0 N–H and O–H groups in total. The predicted molar refractivity (Wildman–Crippen MR) is 63.3 cm³/mol. The smallest absolute Gasteiger partial charge is 0.124 e. The molecule has 0 bridgehead atoms. The first-order valence-electron chi connectivity index (χ1n) is 6.63. The van der Waals surface area contributed by atoms with Crippen LogP contribution in [0.25, 0.3) is 0 Å². The van der Waals surface area contributed by atoms with Gasteiger partial charge >= 0.3 is 0 Å². The molecular formula is C13H24FNO. The molecule has 0 saturated carbocycles. The predicted octanol–water partition coefficient (Wildman–Crippen LogP) is 2.48. The Kier molecular flexibility index (Phi) is 4.20. The fourth-order valence-electron chi connectivity index (χ4n) is 2.96. The second-order valence-corrected chi connectivity index (χ2v) is 5.69. The van der Waals surface area contributed by atoms with E-state index in [4.69, 9.17) is 4.74 Å². The minimum atomic E-state index is -0.744. The third-order valence-electron chi connectivity index (χ3n) is 3.93. The van der Waals surface area contributed by atoms with E-state index in [1.54, 1.807) is 0 Å². The average molecular weight is 229 g/mol. The van der Waals surface area contributed by atoms with Crippen molar-refractivity contribution in [3.05, 3.63) is 0 Å². The van der Waals surface area contributed by atoms with Gasteiger partial charge in [-0.15, -0.1) is 0 Å². The summed E-state index contributed by atoms with van der Waals surface area (Å²) in [5.41, 5.74) is 0. The number of rotatable bonds is 2. The molecule has 2 saturated heterocycles. The molecule has 2 heterocycles. The fraction of sp³-hybridized carbons (Fsp3) is 1.00. The Morgan fingerprint density at radius 3 is 2.88 bits per heavy atom. The zero-order valence-electron chi connectivity index (χ0n) is 10.5. The molecule has 0 unspecified atom stereocenters. The maximum absolute atomic E-state index is 13.1. The summed E-state index contributed by atoms with van der Waals surface area (Å²) in [5, 5.41) is 0. The Bertz CT molecular complexity index is 224. The number of alkyl halides is 1. The molecule has 94 valence electrons. The lowest BCUT2D eigenvalue weighted by atomic mass is 9.93. The molecule has 0 spiro atoms. The molecule has 0 radical (unpaired) electrons. The average Bonchev–Trinajstić information content (AvgIpc) is 2.22. The van der Waals surface area contributed by atoms with Gasteiger partial charge in [0.25, 0.3) is 0 Å². The minimum Gasteiger partial charge on any atom is -0.374 e. The van der Waals surface area contributed by atoms with Gasteiger partial charge in [-0.1, -0.05) is 13.8 Å². The Balaban J connectivity index is 1.80. The van der Waals surface area contributed by atoms with Crippen LogP contribution in [0.15, 0.2) is 0 Å². The quantitative estimate of drug-likeness (QED) is 0.721. The van der Waals surface area contributed by atoms with Crippen molar-refractivity contribution in [2.45, 2.75) is 45.4 Å². The third kappa shape index (κ3) is 3.17. The van der Waals surface area contributed by atoms with Crippen molar-refractivity contribution in [3.8, 4) is 0 Å². The summed E-state index contributed by atoms with van der Waals surface area (Å²) in [7, 11) is 0. The standard InChI is InChI=1S/C13H24FNO/c1-10-4-3-5-15(7-10)8-13-11(2)6-12(14)9-16-13/h10-13H,3-9H2,1-2H3/t10-,11+,12-,13+/m0/s1. The van der Waals surface area contributed by atoms with Gasteiger partial charge in [0.15, 0.2) is 0 Å². The number of likely N-dealkylation sites (tertiary alicyclic amines) is 1. The van der Waals surface area contributed by atoms with Gasteiger partial charge in [-0.2, -0.15) is 0 Å². The van der Waals surface area contributed by atoms with Gasteiger partial charge in [0.2, 0.25) is 0 Å². The van der Waals surface area contributed by atoms with E-state index in [0.29, 0.717) is 18.9 Å². The lowest BCUT2D eigenvalue weighted by molar-refractivity contribution is -0.0752. The van der Waals surface area contributed by atoms with Gasteiger partial charge in [0.1, 0.15) is 6.17 Å². The first-order valence-corrected chi connectivity index (χ1v) is 6.63. The maximum atomic E-state index is 13.1. The molecule has 4 atom stereocenters. The van der Waals surface area contributed by atoms with Crippen LogP contribution in [0, 0.1) is 11.8 Å². The first-order chi connectivity index (χ1) is 7.65. The van der Waals surface area contributed by atoms with Crippen LogP contribution in [-0.4, -0.2) is 43.4 Å². The Hall–Kier alpha value is -0.150. The van der Waals surface area contributed by atoms with Crippen molar-refractivity contribution in [1.82, 2.24) is 4.90 Å². The summed E-state index contributed by atoms with van der Waals surface area (Å²) in [6.07, 6.45) is 2.83. The van der Waals surface area contributed by atoms with Gasteiger partial charge in [0.05, 0.1) is 12.7 Å². The highest BCUT2D eigenvalue weighted by atomic mass is 19.1. The summed E-state index contributed by atoms with van der Waals surface area (Å²) in [6.45, 7) is 8.11. The molecule has 3 heteroatoms. The fourth-order valence-corrected chi connectivity index (χ4v) is 2.96. The van der Waals surface area contributed by atoms with Crippen LogP contribution < -0.4 is 0 Å². The lowest BCUT2D eigenvalue weighted by Gasteiger charge is -2.38. The Morgan fingerprint density at radius 1 is 1.38 bits per heavy atom. The monoisotopic (exact) mass is 229 g/mol. The number of nitrogens with zero attached hydrogens (tertiary/aromatic N) is 1. The van der Waals surface area contributed by atoms with Crippen LogP contribution in [-0.2, 0) is 4.74 Å². The number of ether oxygens (including phenoxy) is 1. The molecule has 0 aromatic heterocycles. The van der Waals surface area contributed by atoms with Crippen molar-refractivity contribution in [2.24, 2.45) is 11.8 Å². The van der Waals surface area contributed by atoms with Crippen molar-refractivity contribution in [3.63, 3.8) is 0 Å². The topological polar surface area (TPSA) is 12.5 Å². The van der Waals surface area contributed by atoms with Crippen molar-refractivity contribution >= 4 is 0 Å². The maximum Gasteiger partial charge on any atom is 0.124 e. The van der Waals surface area contributed by atoms with Crippen molar-refractivity contribution in [1.29, 1.82) is 0 Å². The van der Waals surface area contributed by atoms with Crippen LogP contribution in [0.5, 0.6) is 0 Å². The summed E-state index contributed by atoms with van der Waals surface area (Å²) >= 11 is 0. The number of hydrogen-bond acceptors (Lipinski definition) is 2. The van der Waals surface area contributed by atoms with Crippen LogP contribution in [0.3, 0.4) is 0 Å². The molecular weight excluding hydrogens is 205 g/mol. The lowest BCUT2D eigenvalue weighted by Crippen LogP contribution is -2.45. The molecule has 16 heavy (non-hydrogen) atoms. The van der Waals surface area contributed by atoms with Crippen molar-refractivity contribution < 1.29 is 9.13 Å². The molecule has 0 aromatic carbocycles. The van der Waals surface area contributed by atoms with Gasteiger partial charge in [-0.25, -0.2) is 4.39 Å².